The molecule has 0 bridgehead atoms. The van der Waals surface area contributed by atoms with E-state index >= 15 is 0 Å². The molecule has 3 aromatic rings. The molecule has 0 aliphatic carbocycles. The third kappa shape index (κ3) is 2.13. The number of nitrogens with zero attached hydrogens (tertiary/aromatic N) is 2. The fraction of sp³-hybridized carbons (Fsp3) is 0.0714. The molecule has 0 aliphatic heterocycles. The topological polar surface area (TPSA) is 27.1 Å². The molecule has 3 nitrogen and oxygen atoms in total. The summed E-state index contributed by atoms with van der Waals surface area (Å²) in [5.74, 6) is 0.836. The normalized spacial score (nSPS) is 10.9. The number of aromatic nitrogens is 2. The molecule has 2 aromatic heterocycles. The molecule has 5 heteroatoms. The lowest BCUT2D eigenvalue weighted by atomic mass is 10.1. The smallest absolute Gasteiger partial charge is 0.150 e. The van der Waals surface area contributed by atoms with Crippen LogP contribution in [0.15, 0.2) is 47.2 Å². The first kappa shape index (κ1) is 12.6. The lowest BCUT2D eigenvalue weighted by Gasteiger charge is -2.06. The second-order valence-electron chi connectivity index (χ2n) is 4.11. The average Bonchev–Trinajstić information content (AvgIpc) is 2.75. The number of rotatable bonds is 2. The highest BCUT2D eigenvalue weighted by atomic mass is 79.9. The van der Waals surface area contributed by atoms with E-state index in [4.69, 9.17) is 4.74 Å². The zero-order valence-corrected chi connectivity index (χ0v) is 12.6. The van der Waals surface area contributed by atoms with Gasteiger partial charge in [0.2, 0.25) is 0 Å². The molecule has 19 heavy (non-hydrogen) atoms. The maximum absolute atomic E-state index is 5.42. The highest BCUT2D eigenvalue weighted by Crippen LogP contribution is 2.36. The van der Waals surface area contributed by atoms with E-state index in [0.717, 1.165) is 32.4 Å². The summed E-state index contributed by atoms with van der Waals surface area (Å²) in [7, 11) is 1.67. The minimum atomic E-state index is 0.826. The molecule has 2 heterocycles. The molecule has 1 aromatic carbocycles. The molecule has 0 unspecified atom stereocenters. The van der Waals surface area contributed by atoms with Gasteiger partial charge in [-0.15, -0.1) is 0 Å². The van der Waals surface area contributed by atoms with E-state index in [9.17, 15) is 0 Å². The Hall–Kier alpha value is -1.46. The van der Waals surface area contributed by atoms with Gasteiger partial charge >= 0.3 is 0 Å². The summed E-state index contributed by atoms with van der Waals surface area (Å²) in [5, 5.41) is 1.04. The maximum Gasteiger partial charge on any atom is 0.150 e. The molecule has 0 amide bonds. The highest BCUT2D eigenvalue weighted by molar-refractivity contribution is 9.10. The summed E-state index contributed by atoms with van der Waals surface area (Å²) >= 11 is 7.87. The number of pyridine rings is 1. The average molecular weight is 335 g/mol. The highest BCUT2D eigenvalue weighted by Gasteiger charge is 2.13. The van der Waals surface area contributed by atoms with Crippen molar-refractivity contribution in [1.29, 1.82) is 0 Å². The number of halogens is 1. The van der Waals surface area contributed by atoms with Crippen molar-refractivity contribution in [2.45, 2.75) is 0 Å². The van der Waals surface area contributed by atoms with Crippen LogP contribution in [0.5, 0.6) is 5.75 Å². The van der Waals surface area contributed by atoms with Crippen molar-refractivity contribution < 1.29 is 4.74 Å². The van der Waals surface area contributed by atoms with Crippen LogP contribution in [-0.2, 0) is 0 Å². The second-order valence-corrected chi connectivity index (χ2v) is 5.46. The SMILES string of the molecule is COc1ccccc1-c1cn(S)c2ncc(Br)cc12. The van der Waals surface area contributed by atoms with E-state index in [-0.39, 0.29) is 0 Å². The van der Waals surface area contributed by atoms with Crippen molar-refractivity contribution >= 4 is 39.8 Å². The van der Waals surface area contributed by atoms with Gasteiger partial charge < -0.3 is 4.74 Å². The quantitative estimate of drug-likeness (QED) is 0.712. The van der Waals surface area contributed by atoms with E-state index in [2.05, 4.69) is 33.7 Å². The third-order valence-electron chi connectivity index (χ3n) is 2.99. The second kappa shape index (κ2) is 4.90. The third-order valence-corrected chi connectivity index (χ3v) is 3.73. The van der Waals surface area contributed by atoms with Crippen LogP contribution in [0.3, 0.4) is 0 Å². The Kier molecular flexibility index (Phi) is 3.24. The first-order valence-corrected chi connectivity index (χ1v) is 6.89. The Morgan fingerprint density at radius 3 is 2.84 bits per heavy atom. The number of fused-ring (bicyclic) bond motifs is 1. The summed E-state index contributed by atoms with van der Waals surface area (Å²) in [4.78, 5) is 4.38. The van der Waals surface area contributed by atoms with E-state index in [0.29, 0.717) is 0 Å². The van der Waals surface area contributed by atoms with Gasteiger partial charge in [-0.1, -0.05) is 31.0 Å². The van der Waals surface area contributed by atoms with E-state index < -0.39 is 0 Å². The van der Waals surface area contributed by atoms with Gasteiger partial charge in [0.15, 0.2) is 0 Å². The number of hydrogen-bond donors (Lipinski definition) is 1. The number of methoxy groups -OCH3 is 1. The van der Waals surface area contributed by atoms with Gasteiger partial charge in [-0.3, -0.25) is 3.97 Å². The number of thiol groups is 1. The Morgan fingerprint density at radius 2 is 2.05 bits per heavy atom. The molecule has 0 saturated carbocycles. The molecule has 0 radical (unpaired) electrons. The van der Waals surface area contributed by atoms with Crippen LogP contribution in [0.4, 0.5) is 0 Å². The molecule has 96 valence electrons. The predicted octanol–water partition coefficient (Wildman–Crippen LogP) is 4.17. The number of hydrogen-bond acceptors (Lipinski definition) is 3. The van der Waals surface area contributed by atoms with Gasteiger partial charge in [-0.25, -0.2) is 4.98 Å². The van der Waals surface area contributed by atoms with Crippen molar-refractivity contribution in [3.05, 3.63) is 47.2 Å². The summed E-state index contributed by atoms with van der Waals surface area (Å²) in [5.41, 5.74) is 2.91. The Balaban J connectivity index is 2.33. The van der Waals surface area contributed by atoms with Crippen LogP contribution >= 0.6 is 28.7 Å². The molecule has 3 rings (SSSR count). The molecule has 0 N–H and O–H groups in total. The summed E-state index contributed by atoms with van der Waals surface area (Å²) < 4.78 is 8.09. The van der Waals surface area contributed by atoms with Crippen molar-refractivity contribution in [3.8, 4) is 16.9 Å². The number of benzene rings is 1. The van der Waals surface area contributed by atoms with Crippen molar-refractivity contribution in [2.24, 2.45) is 0 Å². The Labute approximate surface area is 124 Å². The Bertz CT molecular complexity index is 754. The Morgan fingerprint density at radius 1 is 1.26 bits per heavy atom. The first-order chi connectivity index (χ1) is 9.20. The summed E-state index contributed by atoms with van der Waals surface area (Å²) in [6, 6.07) is 9.96. The lowest BCUT2D eigenvalue weighted by Crippen LogP contribution is -1.86. The lowest BCUT2D eigenvalue weighted by molar-refractivity contribution is 0.416. The fourth-order valence-corrected chi connectivity index (χ4v) is 2.75. The molecule has 0 saturated heterocycles. The van der Waals surface area contributed by atoms with E-state index in [1.54, 1.807) is 17.3 Å². The van der Waals surface area contributed by atoms with Crippen LogP contribution in [0.2, 0.25) is 0 Å². The summed E-state index contributed by atoms with van der Waals surface area (Å²) in [6.07, 6.45) is 3.71. The molecule has 0 aliphatic rings. The number of para-hydroxylation sites is 1. The van der Waals surface area contributed by atoms with Gasteiger partial charge in [0, 0.05) is 33.4 Å². The predicted molar refractivity (Wildman–Crippen MR) is 83.8 cm³/mol. The van der Waals surface area contributed by atoms with Crippen LogP contribution < -0.4 is 4.74 Å². The van der Waals surface area contributed by atoms with Crippen LogP contribution in [0.25, 0.3) is 22.2 Å². The summed E-state index contributed by atoms with van der Waals surface area (Å²) in [6.45, 7) is 0. The molecule has 0 fully saturated rings. The van der Waals surface area contributed by atoms with Gasteiger partial charge in [-0.05, 0) is 28.1 Å². The monoisotopic (exact) mass is 334 g/mol. The minimum Gasteiger partial charge on any atom is -0.496 e. The maximum atomic E-state index is 5.42. The largest absolute Gasteiger partial charge is 0.496 e. The standard InChI is InChI=1S/C14H11BrN2OS/c1-18-13-5-3-2-4-10(13)12-8-17(19)14-11(12)6-9(15)7-16-14/h2-8,19H,1H3. The van der Waals surface area contributed by atoms with Gasteiger partial charge in [0.1, 0.15) is 11.4 Å². The van der Waals surface area contributed by atoms with Gasteiger partial charge in [0.05, 0.1) is 7.11 Å². The minimum absolute atomic E-state index is 0.826. The molecular formula is C14H11BrN2OS. The van der Waals surface area contributed by atoms with Crippen molar-refractivity contribution in [2.75, 3.05) is 7.11 Å². The van der Waals surface area contributed by atoms with E-state index in [1.807, 2.05) is 36.5 Å². The zero-order valence-electron chi connectivity index (χ0n) is 10.2. The molecule has 0 atom stereocenters. The van der Waals surface area contributed by atoms with Gasteiger partial charge in [-0.2, -0.15) is 0 Å². The van der Waals surface area contributed by atoms with Crippen LogP contribution in [0.1, 0.15) is 0 Å². The van der Waals surface area contributed by atoms with Crippen LogP contribution in [-0.4, -0.2) is 16.1 Å². The first-order valence-electron chi connectivity index (χ1n) is 5.70. The van der Waals surface area contributed by atoms with Gasteiger partial charge in [0.25, 0.3) is 0 Å². The van der Waals surface area contributed by atoms with Crippen LogP contribution in [0, 0.1) is 0 Å². The van der Waals surface area contributed by atoms with E-state index in [1.165, 1.54) is 0 Å². The fourth-order valence-electron chi connectivity index (χ4n) is 2.15. The molecule has 0 spiro atoms. The molecular weight excluding hydrogens is 324 g/mol. The van der Waals surface area contributed by atoms with Crippen molar-refractivity contribution in [3.63, 3.8) is 0 Å². The number of ether oxygens (including phenoxy) is 1. The zero-order chi connectivity index (χ0) is 13.4. The van der Waals surface area contributed by atoms with Crippen molar-refractivity contribution in [1.82, 2.24) is 8.96 Å².